The van der Waals surface area contributed by atoms with Gasteiger partial charge in [-0.2, -0.15) is 0 Å². The van der Waals surface area contributed by atoms with Gasteiger partial charge in [-0.1, -0.05) is 13.8 Å². The second kappa shape index (κ2) is 2.94. The Bertz CT molecular complexity index is 205. The van der Waals surface area contributed by atoms with Gasteiger partial charge in [0.15, 0.2) is 0 Å². The molecule has 0 aromatic rings. The van der Waals surface area contributed by atoms with Gasteiger partial charge in [0.05, 0.1) is 12.2 Å². The Hall–Kier alpha value is -0.120. The zero-order chi connectivity index (χ0) is 9.64. The molecule has 0 aromatic heterocycles. The van der Waals surface area contributed by atoms with Gasteiger partial charge in [-0.3, -0.25) is 0 Å². The van der Waals surface area contributed by atoms with Crippen LogP contribution in [0, 0.1) is 5.41 Å². The topological polar surface area (TPSA) is 52.5 Å². The lowest BCUT2D eigenvalue weighted by atomic mass is 9.64. The van der Waals surface area contributed by atoms with E-state index >= 15 is 0 Å². The highest BCUT2D eigenvalue weighted by molar-refractivity contribution is 5.04. The molecule has 0 spiro atoms. The van der Waals surface area contributed by atoms with E-state index in [0.29, 0.717) is 6.04 Å². The van der Waals surface area contributed by atoms with E-state index in [1.54, 1.807) is 0 Å². The van der Waals surface area contributed by atoms with Crippen molar-refractivity contribution in [3.8, 4) is 0 Å². The van der Waals surface area contributed by atoms with Crippen LogP contribution in [0.5, 0.6) is 0 Å². The van der Waals surface area contributed by atoms with Gasteiger partial charge in [0, 0.05) is 17.5 Å². The fraction of sp³-hybridized carbons (Fsp3) is 1.00. The Morgan fingerprint density at radius 2 is 1.92 bits per heavy atom. The molecule has 4 atom stereocenters. The quantitative estimate of drug-likeness (QED) is 0.578. The van der Waals surface area contributed by atoms with Crippen LogP contribution in [0.3, 0.4) is 0 Å². The molecule has 0 amide bonds. The Morgan fingerprint density at radius 1 is 1.23 bits per heavy atom. The van der Waals surface area contributed by atoms with Crippen molar-refractivity contribution in [2.45, 2.75) is 57.4 Å². The summed E-state index contributed by atoms with van der Waals surface area (Å²) in [5, 5.41) is 22.3. The molecule has 2 unspecified atom stereocenters. The van der Waals surface area contributed by atoms with E-state index in [-0.39, 0.29) is 23.7 Å². The molecule has 3 N–H and O–H groups in total. The predicted molar refractivity (Wildman–Crippen MR) is 50.4 cm³/mol. The summed E-state index contributed by atoms with van der Waals surface area (Å²) in [7, 11) is 0. The number of aliphatic hydroxyl groups excluding tert-OH is 2. The fourth-order valence-corrected chi connectivity index (χ4v) is 2.12. The van der Waals surface area contributed by atoms with Crippen molar-refractivity contribution in [1.82, 2.24) is 5.32 Å². The van der Waals surface area contributed by atoms with E-state index in [4.69, 9.17) is 0 Å². The van der Waals surface area contributed by atoms with E-state index in [0.717, 1.165) is 19.3 Å². The number of hydrogen-bond acceptors (Lipinski definition) is 3. The van der Waals surface area contributed by atoms with Crippen LogP contribution in [0.4, 0.5) is 0 Å². The average Bonchev–Trinajstić information content (AvgIpc) is 2.09. The molecule has 0 saturated heterocycles. The standard InChI is InChI=1S/C10H19NO2/c1-10(2)8(5-9(10)13)11-6-3-4-7(6)12/h6-9,11-13H,3-5H2,1-2H3/t6-,7-,8?,9?/m1/s1. The first-order valence-electron chi connectivity index (χ1n) is 5.14. The molecule has 3 nitrogen and oxygen atoms in total. The van der Waals surface area contributed by atoms with Crippen molar-refractivity contribution in [1.29, 1.82) is 0 Å². The van der Waals surface area contributed by atoms with Crippen LogP contribution in [0.25, 0.3) is 0 Å². The molecule has 0 bridgehead atoms. The third-order valence-electron chi connectivity index (χ3n) is 3.87. The van der Waals surface area contributed by atoms with E-state index in [1.807, 2.05) is 0 Å². The van der Waals surface area contributed by atoms with Crippen LogP contribution in [0.15, 0.2) is 0 Å². The van der Waals surface area contributed by atoms with E-state index in [1.165, 1.54) is 0 Å². The minimum Gasteiger partial charge on any atom is -0.392 e. The van der Waals surface area contributed by atoms with Gasteiger partial charge >= 0.3 is 0 Å². The molecule has 2 aliphatic carbocycles. The SMILES string of the molecule is CC1(C)C(O)CC1N[C@@H]1CC[C@H]1O. The first kappa shape index (κ1) is 9.44. The average molecular weight is 185 g/mol. The lowest BCUT2D eigenvalue weighted by Crippen LogP contribution is -2.65. The van der Waals surface area contributed by atoms with Crippen LogP contribution in [0.1, 0.15) is 33.1 Å². The predicted octanol–water partition coefficient (Wildman–Crippen LogP) is 0.259. The maximum Gasteiger partial charge on any atom is 0.0693 e. The second-order valence-electron chi connectivity index (χ2n) is 5.04. The van der Waals surface area contributed by atoms with Gasteiger partial charge in [0.25, 0.3) is 0 Å². The molecule has 0 heterocycles. The summed E-state index contributed by atoms with van der Waals surface area (Å²) in [4.78, 5) is 0. The molecule has 3 heteroatoms. The minimum atomic E-state index is -0.179. The van der Waals surface area contributed by atoms with Crippen molar-refractivity contribution >= 4 is 0 Å². The molecule has 2 aliphatic rings. The molecule has 2 saturated carbocycles. The molecular formula is C10H19NO2. The van der Waals surface area contributed by atoms with E-state index in [2.05, 4.69) is 19.2 Å². The molecule has 13 heavy (non-hydrogen) atoms. The van der Waals surface area contributed by atoms with Crippen LogP contribution in [0.2, 0.25) is 0 Å². The fourth-order valence-electron chi connectivity index (χ4n) is 2.12. The number of rotatable bonds is 2. The minimum absolute atomic E-state index is 0.0185. The summed E-state index contributed by atoms with van der Waals surface area (Å²) in [6.45, 7) is 4.15. The monoisotopic (exact) mass is 185 g/mol. The maximum atomic E-state index is 9.51. The van der Waals surface area contributed by atoms with E-state index < -0.39 is 0 Å². The first-order chi connectivity index (χ1) is 6.01. The highest BCUT2D eigenvalue weighted by Gasteiger charge is 2.48. The van der Waals surface area contributed by atoms with Crippen molar-refractivity contribution in [2.75, 3.05) is 0 Å². The summed E-state index contributed by atoms with van der Waals surface area (Å²) in [6.07, 6.45) is 2.49. The normalized spacial score (nSPS) is 48.0. The smallest absolute Gasteiger partial charge is 0.0693 e. The Kier molecular flexibility index (Phi) is 2.13. The summed E-state index contributed by atoms with van der Waals surface area (Å²) < 4.78 is 0. The largest absolute Gasteiger partial charge is 0.392 e. The summed E-state index contributed by atoms with van der Waals surface area (Å²) >= 11 is 0. The van der Waals surface area contributed by atoms with Gasteiger partial charge in [0.2, 0.25) is 0 Å². The van der Waals surface area contributed by atoms with Gasteiger partial charge in [-0.15, -0.1) is 0 Å². The van der Waals surface area contributed by atoms with Gasteiger partial charge < -0.3 is 15.5 Å². The highest BCUT2D eigenvalue weighted by atomic mass is 16.3. The van der Waals surface area contributed by atoms with Crippen LogP contribution >= 0.6 is 0 Å². The van der Waals surface area contributed by atoms with E-state index in [9.17, 15) is 10.2 Å². The molecule has 0 radical (unpaired) electrons. The Balaban J connectivity index is 1.83. The Morgan fingerprint density at radius 3 is 2.23 bits per heavy atom. The van der Waals surface area contributed by atoms with Crippen LogP contribution in [-0.4, -0.2) is 34.5 Å². The number of aliphatic hydroxyl groups is 2. The van der Waals surface area contributed by atoms with Crippen molar-refractivity contribution in [3.05, 3.63) is 0 Å². The zero-order valence-corrected chi connectivity index (χ0v) is 8.33. The lowest BCUT2D eigenvalue weighted by Gasteiger charge is -2.52. The highest BCUT2D eigenvalue weighted by Crippen LogP contribution is 2.41. The van der Waals surface area contributed by atoms with Gasteiger partial charge in [0.1, 0.15) is 0 Å². The molecule has 0 aliphatic heterocycles. The summed E-state index contributed by atoms with van der Waals surface area (Å²) in [5.74, 6) is 0. The first-order valence-corrected chi connectivity index (χ1v) is 5.14. The lowest BCUT2D eigenvalue weighted by molar-refractivity contribution is -0.0884. The zero-order valence-electron chi connectivity index (χ0n) is 8.33. The van der Waals surface area contributed by atoms with Crippen molar-refractivity contribution in [2.24, 2.45) is 5.41 Å². The third-order valence-corrected chi connectivity index (χ3v) is 3.87. The number of hydrogen-bond donors (Lipinski definition) is 3. The van der Waals surface area contributed by atoms with Crippen molar-refractivity contribution < 1.29 is 10.2 Å². The third kappa shape index (κ3) is 1.39. The van der Waals surface area contributed by atoms with Gasteiger partial charge in [-0.05, 0) is 19.3 Å². The molecule has 2 fully saturated rings. The summed E-state index contributed by atoms with van der Waals surface area (Å²) in [6, 6.07) is 0.652. The molecule has 0 aromatic carbocycles. The number of nitrogens with one attached hydrogen (secondary N) is 1. The molecule has 2 rings (SSSR count). The Labute approximate surface area is 79.2 Å². The summed E-state index contributed by atoms with van der Waals surface area (Å²) in [5.41, 5.74) is -0.0185. The maximum absolute atomic E-state index is 9.51. The van der Waals surface area contributed by atoms with Crippen LogP contribution in [-0.2, 0) is 0 Å². The van der Waals surface area contributed by atoms with Gasteiger partial charge in [-0.25, -0.2) is 0 Å². The van der Waals surface area contributed by atoms with Crippen LogP contribution < -0.4 is 5.32 Å². The van der Waals surface area contributed by atoms with Crippen molar-refractivity contribution in [3.63, 3.8) is 0 Å². The second-order valence-corrected chi connectivity index (χ2v) is 5.04. The molecular weight excluding hydrogens is 166 g/mol. The molecule has 76 valence electrons.